The lowest BCUT2D eigenvalue weighted by Crippen LogP contribution is -2.41. The zero-order valence-electron chi connectivity index (χ0n) is 12.8. The van der Waals surface area contributed by atoms with Crippen molar-refractivity contribution in [2.75, 3.05) is 24.6 Å². The van der Waals surface area contributed by atoms with E-state index in [0.29, 0.717) is 12.1 Å². The van der Waals surface area contributed by atoms with Gasteiger partial charge in [-0.2, -0.15) is 0 Å². The molecule has 0 aromatic heterocycles. The Morgan fingerprint density at radius 3 is 2.50 bits per heavy atom. The van der Waals surface area contributed by atoms with Gasteiger partial charge in [-0.05, 0) is 56.8 Å². The average molecular weight is 276 g/mol. The summed E-state index contributed by atoms with van der Waals surface area (Å²) in [7, 11) is 0. The van der Waals surface area contributed by atoms with E-state index in [4.69, 9.17) is 5.11 Å². The Labute approximate surface area is 123 Å². The van der Waals surface area contributed by atoms with Crippen molar-refractivity contribution < 1.29 is 5.11 Å². The van der Waals surface area contributed by atoms with Crippen LogP contribution in [0.15, 0.2) is 24.3 Å². The Bertz CT molecular complexity index is 386. The molecule has 1 aliphatic carbocycles. The van der Waals surface area contributed by atoms with Gasteiger partial charge in [0.15, 0.2) is 0 Å². The van der Waals surface area contributed by atoms with Crippen molar-refractivity contribution in [3.63, 3.8) is 0 Å². The predicted octanol–water partition coefficient (Wildman–Crippen LogP) is 3.10. The summed E-state index contributed by atoms with van der Waals surface area (Å²) < 4.78 is 0. The van der Waals surface area contributed by atoms with Crippen LogP contribution < -0.4 is 10.2 Å². The summed E-state index contributed by atoms with van der Waals surface area (Å²) in [6.45, 7) is 6.57. The molecule has 0 amide bonds. The number of hydrogen-bond acceptors (Lipinski definition) is 3. The van der Waals surface area contributed by atoms with Crippen molar-refractivity contribution in [1.29, 1.82) is 0 Å². The van der Waals surface area contributed by atoms with Crippen LogP contribution in [0.4, 0.5) is 5.69 Å². The van der Waals surface area contributed by atoms with Crippen LogP contribution in [-0.4, -0.2) is 30.8 Å². The minimum absolute atomic E-state index is 0.277. The Kier molecular flexibility index (Phi) is 5.86. The second-order valence-electron chi connectivity index (χ2n) is 5.73. The molecule has 0 aliphatic heterocycles. The molecule has 1 saturated carbocycles. The second-order valence-corrected chi connectivity index (χ2v) is 5.73. The third-order valence-electron chi connectivity index (χ3n) is 4.31. The third-order valence-corrected chi connectivity index (χ3v) is 4.31. The van der Waals surface area contributed by atoms with Gasteiger partial charge in [0.05, 0.1) is 0 Å². The lowest BCUT2D eigenvalue weighted by molar-refractivity contribution is 0.283. The SMILES string of the molecule is CCNC(C)c1ccc(N(CCCO)C2CCC2)cc1. The number of nitrogens with one attached hydrogen (secondary N) is 1. The number of hydrogen-bond donors (Lipinski definition) is 2. The quantitative estimate of drug-likeness (QED) is 0.766. The maximum Gasteiger partial charge on any atom is 0.0447 e. The van der Waals surface area contributed by atoms with E-state index in [1.165, 1.54) is 30.5 Å². The van der Waals surface area contributed by atoms with Gasteiger partial charge in [0, 0.05) is 30.9 Å². The van der Waals surface area contributed by atoms with Gasteiger partial charge in [-0.15, -0.1) is 0 Å². The highest BCUT2D eigenvalue weighted by molar-refractivity contribution is 5.49. The van der Waals surface area contributed by atoms with E-state index in [0.717, 1.165) is 19.5 Å². The van der Waals surface area contributed by atoms with Crippen molar-refractivity contribution in [3.05, 3.63) is 29.8 Å². The van der Waals surface area contributed by atoms with Gasteiger partial charge in [-0.1, -0.05) is 19.1 Å². The summed E-state index contributed by atoms with van der Waals surface area (Å²) in [5, 5.41) is 12.5. The zero-order valence-corrected chi connectivity index (χ0v) is 12.8. The minimum atomic E-state index is 0.277. The number of rotatable bonds is 8. The van der Waals surface area contributed by atoms with Gasteiger partial charge < -0.3 is 15.3 Å². The minimum Gasteiger partial charge on any atom is -0.396 e. The molecule has 20 heavy (non-hydrogen) atoms. The molecule has 3 nitrogen and oxygen atoms in total. The Hall–Kier alpha value is -1.06. The van der Waals surface area contributed by atoms with Crippen LogP contribution in [0.3, 0.4) is 0 Å². The van der Waals surface area contributed by atoms with Crippen LogP contribution in [0, 0.1) is 0 Å². The Morgan fingerprint density at radius 2 is 2.00 bits per heavy atom. The number of benzene rings is 1. The topological polar surface area (TPSA) is 35.5 Å². The van der Waals surface area contributed by atoms with Gasteiger partial charge in [0.2, 0.25) is 0 Å². The molecule has 1 aliphatic rings. The summed E-state index contributed by atoms with van der Waals surface area (Å²) in [4.78, 5) is 2.47. The van der Waals surface area contributed by atoms with E-state index in [1.807, 2.05) is 0 Å². The van der Waals surface area contributed by atoms with E-state index in [-0.39, 0.29) is 6.61 Å². The van der Waals surface area contributed by atoms with Crippen LogP contribution in [-0.2, 0) is 0 Å². The fraction of sp³-hybridized carbons (Fsp3) is 0.647. The van der Waals surface area contributed by atoms with Gasteiger partial charge in [0.1, 0.15) is 0 Å². The molecule has 0 radical (unpaired) electrons. The molecule has 0 bridgehead atoms. The molecule has 1 atom stereocenters. The maximum absolute atomic E-state index is 9.08. The highest BCUT2D eigenvalue weighted by Crippen LogP contribution is 2.30. The van der Waals surface area contributed by atoms with Gasteiger partial charge in [-0.25, -0.2) is 0 Å². The van der Waals surface area contributed by atoms with Crippen molar-refractivity contribution in [3.8, 4) is 0 Å². The monoisotopic (exact) mass is 276 g/mol. The lowest BCUT2D eigenvalue weighted by atomic mass is 9.90. The fourth-order valence-electron chi connectivity index (χ4n) is 2.84. The molecule has 2 rings (SSSR count). The molecule has 1 fully saturated rings. The molecule has 1 unspecified atom stereocenters. The van der Waals surface area contributed by atoms with Crippen LogP contribution in [0.1, 0.15) is 51.1 Å². The summed E-state index contributed by atoms with van der Waals surface area (Å²) in [6, 6.07) is 10.0. The zero-order chi connectivity index (χ0) is 14.4. The summed E-state index contributed by atoms with van der Waals surface area (Å²) in [5.74, 6) is 0. The summed E-state index contributed by atoms with van der Waals surface area (Å²) in [6.07, 6.45) is 4.78. The van der Waals surface area contributed by atoms with Gasteiger partial charge >= 0.3 is 0 Å². The van der Waals surface area contributed by atoms with Crippen molar-refractivity contribution in [1.82, 2.24) is 5.32 Å². The van der Waals surface area contributed by atoms with Crippen molar-refractivity contribution in [2.24, 2.45) is 0 Å². The second kappa shape index (κ2) is 7.65. The first kappa shape index (κ1) is 15.3. The molecule has 0 heterocycles. The number of aliphatic hydroxyl groups is 1. The van der Waals surface area contributed by atoms with E-state index in [9.17, 15) is 0 Å². The number of aliphatic hydroxyl groups excluding tert-OH is 1. The van der Waals surface area contributed by atoms with Crippen LogP contribution in [0.25, 0.3) is 0 Å². The average Bonchev–Trinajstić information content (AvgIpc) is 2.42. The smallest absolute Gasteiger partial charge is 0.0447 e. The maximum atomic E-state index is 9.08. The number of anilines is 1. The normalized spacial score (nSPS) is 16.8. The van der Waals surface area contributed by atoms with E-state index < -0.39 is 0 Å². The first-order chi connectivity index (χ1) is 9.76. The van der Waals surface area contributed by atoms with E-state index in [2.05, 4.69) is 48.3 Å². The standard InChI is InChI=1S/C17H28N2O/c1-3-18-14(2)15-8-10-17(11-9-15)19(12-5-13-20)16-6-4-7-16/h8-11,14,16,18,20H,3-7,12-13H2,1-2H3. The first-order valence-electron chi connectivity index (χ1n) is 7.97. The molecule has 1 aromatic carbocycles. The number of nitrogens with zero attached hydrogens (tertiary/aromatic N) is 1. The molecule has 0 saturated heterocycles. The summed E-state index contributed by atoms with van der Waals surface area (Å²) in [5.41, 5.74) is 2.64. The molecular formula is C17H28N2O. The molecule has 2 N–H and O–H groups in total. The molecule has 112 valence electrons. The van der Waals surface area contributed by atoms with Crippen LogP contribution in [0.2, 0.25) is 0 Å². The molecule has 0 spiro atoms. The summed E-state index contributed by atoms with van der Waals surface area (Å²) >= 11 is 0. The third kappa shape index (κ3) is 3.74. The Balaban J connectivity index is 2.04. The highest BCUT2D eigenvalue weighted by atomic mass is 16.3. The first-order valence-corrected chi connectivity index (χ1v) is 7.97. The lowest BCUT2D eigenvalue weighted by Gasteiger charge is -2.39. The molecule has 1 aromatic rings. The van der Waals surface area contributed by atoms with Gasteiger partial charge in [-0.3, -0.25) is 0 Å². The van der Waals surface area contributed by atoms with Crippen LogP contribution >= 0.6 is 0 Å². The van der Waals surface area contributed by atoms with E-state index in [1.54, 1.807) is 0 Å². The molecular weight excluding hydrogens is 248 g/mol. The van der Waals surface area contributed by atoms with Crippen molar-refractivity contribution in [2.45, 2.75) is 51.6 Å². The van der Waals surface area contributed by atoms with E-state index >= 15 is 0 Å². The predicted molar refractivity (Wildman–Crippen MR) is 85.2 cm³/mol. The van der Waals surface area contributed by atoms with Crippen molar-refractivity contribution >= 4 is 5.69 Å². The molecule has 3 heteroatoms. The highest BCUT2D eigenvalue weighted by Gasteiger charge is 2.24. The van der Waals surface area contributed by atoms with Crippen LogP contribution in [0.5, 0.6) is 0 Å². The largest absolute Gasteiger partial charge is 0.396 e. The Morgan fingerprint density at radius 1 is 1.30 bits per heavy atom. The fourth-order valence-corrected chi connectivity index (χ4v) is 2.84. The van der Waals surface area contributed by atoms with Gasteiger partial charge in [0.25, 0.3) is 0 Å².